The molecule has 3 aromatic rings. The number of rotatable bonds is 3. The average molecular weight is 353 g/mol. The van der Waals surface area contributed by atoms with Gasteiger partial charge in [-0.05, 0) is 35.0 Å². The Labute approximate surface area is 152 Å². The van der Waals surface area contributed by atoms with Gasteiger partial charge in [0.05, 0.1) is 11.5 Å². The van der Waals surface area contributed by atoms with Crippen molar-refractivity contribution in [3.05, 3.63) is 53.5 Å². The van der Waals surface area contributed by atoms with Crippen molar-refractivity contribution >= 4 is 33.2 Å². The second kappa shape index (κ2) is 7.19. The van der Waals surface area contributed by atoms with E-state index in [0.717, 1.165) is 38.7 Å². The zero-order valence-electron chi connectivity index (χ0n) is 14.4. The molecule has 2 aromatic heterocycles. The summed E-state index contributed by atoms with van der Waals surface area (Å²) in [6.07, 6.45) is 0. The molecule has 0 amide bonds. The minimum absolute atomic E-state index is 0.756. The lowest BCUT2D eigenvalue weighted by molar-refractivity contribution is 0.373. The summed E-state index contributed by atoms with van der Waals surface area (Å²) in [4.78, 5) is 12.7. The second-order valence-corrected chi connectivity index (χ2v) is 7.13. The molecule has 0 unspecified atom stereocenters. The number of aromatic amines is 1. The lowest BCUT2D eigenvalue weighted by Gasteiger charge is -2.37. The zero-order chi connectivity index (χ0) is 17.1. The summed E-state index contributed by atoms with van der Waals surface area (Å²) in [5.74, 6) is 0.976. The Morgan fingerprint density at radius 1 is 1.16 bits per heavy atom. The largest absolute Gasteiger partial charge is 0.360 e. The number of aromatic nitrogens is 1. The molecule has 1 saturated heterocycles. The topological polar surface area (TPSA) is 46.7 Å². The van der Waals surface area contributed by atoms with Crippen LogP contribution >= 0.6 is 11.3 Å². The van der Waals surface area contributed by atoms with Gasteiger partial charge in [-0.25, -0.2) is 0 Å². The number of benzene rings is 1. The third kappa shape index (κ3) is 3.49. The number of aliphatic imine (C=N–C) groups is 1. The summed E-state index contributed by atoms with van der Waals surface area (Å²) in [7, 11) is 1.86. The number of fused-ring (bicyclic) bond motifs is 1. The van der Waals surface area contributed by atoms with Crippen LogP contribution in [0.3, 0.4) is 0 Å². The van der Waals surface area contributed by atoms with E-state index < -0.39 is 0 Å². The minimum Gasteiger partial charge on any atom is -0.360 e. The highest BCUT2D eigenvalue weighted by atomic mass is 32.1. The summed E-state index contributed by atoms with van der Waals surface area (Å²) in [6.45, 7) is 4.81. The van der Waals surface area contributed by atoms with Crippen LogP contribution in [-0.4, -0.2) is 49.1 Å². The van der Waals surface area contributed by atoms with Gasteiger partial charge in [0.25, 0.3) is 0 Å². The Kier molecular flexibility index (Phi) is 4.61. The first-order valence-corrected chi connectivity index (χ1v) is 9.52. The number of hydrogen-bond acceptors (Lipinski definition) is 3. The summed E-state index contributed by atoms with van der Waals surface area (Å²) in [5, 5.41) is 8.25. The Hall–Kier alpha value is -2.47. The van der Waals surface area contributed by atoms with Crippen LogP contribution in [0.1, 0.15) is 5.69 Å². The maximum atomic E-state index is 4.47. The molecule has 0 bridgehead atoms. The fourth-order valence-corrected chi connectivity index (χ4v) is 4.11. The van der Waals surface area contributed by atoms with Gasteiger partial charge in [-0.15, -0.1) is 11.3 Å². The van der Waals surface area contributed by atoms with E-state index in [9.17, 15) is 0 Å². The molecule has 1 aliphatic rings. The number of piperazine rings is 1. The first-order valence-electron chi connectivity index (χ1n) is 8.64. The highest BCUT2D eigenvalue weighted by Crippen LogP contribution is 2.22. The van der Waals surface area contributed by atoms with Crippen LogP contribution < -0.4 is 10.2 Å². The summed E-state index contributed by atoms with van der Waals surface area (Å²) < 4.78 is 0. The monoisotopic (exact) mass is 353 g/mol. The lowest BCUT2D eigenvalue weighted by atomic mass is 10.2. The van der Waals surface area contributed by atoms with E-state index in [2.05, 4.69) is 72.9 Å². The number of nitrogens with one attached hydrogen (secondary N) is 2. The minimum atomic E-state index is 0.756. The van der Waals surface area contributed by atoms with Crippen molar-refractivity contribution in [2.24, 2.45) is 4.99 Å². The number of para-hydroxylation sites is 1. The van der Waals surface area contributed by atoms with E-state index in [4.69, 9.17) is 0 Å². The Morgan fingerprint density at radius 2 is 2.00 bits per heavy atom. The van der Waals surface area contributed by atoms with Crippen LogP contribution in [0.2, 0.25) is 0 Å². The molecule has 0 aliphatic carbocycles. The SMILES string of the molecule is CN=C(NCc1cc2ccccc2[nH]1)N1CCN(c2cccs2)CC1. The highest BCUT2D eigenvalue weighted by molar-refractivity contribution is 7.14. The molecule has 0 saturated carbocycles. The third-order valence-corrected chi connectivity index (χ3v) is 5.56. The Morgan fingerprint density at radius 3 is 2.72 bits per heavy atom. The van der Waals surface area contributed by atoms with Gasteiger partial charge in [0.2, 0.25) is 0 Å². The molecule has 5 nitrogen and oxygen atoms in total. The molecule has 0 spiro atoms. The predicted molar refractivity (Wildman–Crippen MR) is 107 cm³/mol. The van der Waals surface area contributed by atoms with Gasteiger partial charge in [-0.2, -0.15) is 0 Å². The van der Waals surface area contributed by atoms with Crippen LogP contribution in [-0.2, 0) is 6.54 Å². The second-order valence-electron chi connectivity index (χ2n) is 6.21. The Balaban J connectivity index is 1.35. The third-order valence-electron chi connectivity index (χ3n) is 4.63. The van der Waals surface area contributed by atoms with Gasteiger partial charge in [-0.3, -0.25) is 4.99 Å². The first kappa shape index (κ1) is 16.0. The Bertz CT molecular complexity index is 811. The molecule has 130 valence electrons. The zero-order valence-corrected chi connectivity index (χ0v) is 15.2. The van der Waals surface area contributed by atoms with E-state index in [1.807, 2.05) is 18.4 Å². The maximum Gasteiger partial charge on any atom is 0.194 e. The van der Waals surface area contributed by atoms with Crippen molar-refractivity contribution in [1.82, 2.24) is 15.2 Å². The van der Waals surface area contributed by atoms with E-state index >= 15 is 0 Å². The maximum absolute atomic E-state index is 4.47. The molecule has 4 rings (SSSR count). The predicted octanol–water partition coefficient (Wildman–Crippen LogP) is 3.13. The lowest BCUT2D eigenvalue weighted by Crippen LogP contribution is -2.52. The van der Waals surface area contributed by atoms with Gasteiger partial charge in [-0.1, -0.05) is 18.2 Å². The van der Waals surface area contributed by atoms with Crippen molar-refractivity contribution in [3.63, 3.8) is 0 Å². The standard InChI is InChI=1S/C19H23N5S/c1-20-19(21-14-16-13-15-5-2-3-6-17(15)22-16)24-10-8-23(9-11-24)18-7-4-12-25-18/h2-7,12-13,22H,8-11,14H2,1H3,(H,20,21). The van der Waals surface area contributed by atoms with E-state index in [1.54, 1.807) is 0 Å². The van der Waals surface area contributed by atoms with Crippen molar-refractivity contribution in [2.45, 2.75) is 6.54 Å². The van der Waals surface area contributed by atoms with E-state index in [0.29, 0.717) is 0 Å². The smallest absolute Gasteiger partial charge is 0.194 e. The normalized spacial score (nSPS) is 15.8. The molecular formula is C19H23N5S. The van der Waals surface area contributed by atoms with Gasteiger partial charge in [0.1, 0.15) is 0 Å². The van der Waals surface area contributed by atoms with Gasteiger partial charge < -0.3 is 20.1 Å². The molecule has 1 fully saturated rings. The first-order chi connectivity index (χ1) is 12.3. The molecular weight excluding hydrogens is 330 g/mol. The quantitative estimate of drug-likeness (QED) is 0.562. The summed E-state index contributed by atoms with van der Waals surface area (Å²) in [6, 6.07) is 14.9. The molecule has 6 heteroatoms. The van der Waals surface area contributed by atoms with Crippen LogP contribution in [0.15, 0.2) is 52.8 Å². The molecule has 3 heterocycles. The number of anilines is 1. The van der Waals surface area contributed by atoms with Gasteiger partial charge >= 0.3 is 0 Å². The fraction of sp³-hybridized carbons (Fsp3) is 0.316. The molecule has 1 aromatic carbocycles. The molecule has 0 atom stereocenters. The van der Waals surface area contributed by atoms with Crippen LogP contribution in [0.5, 0.6) is 0 Å². The summed E-state index contributed by atoms with van der Waals surface area (Å²) in [5.41, 5.74) is 2.36. The number of guanidine groups is 1. The number of hydrogen-bond donors (Lipinski definition) is 2. The van der Waals surface area contributed by atoms with Gasteiger partial charge in [0, 0.05) is 44.4 Å². The average Bonchev–Trinajstić information content (AvgIpc) is 3.32. The molecule has 1 aliphatic heterocycles. The van der Waals surface area contributed by atoms with Crippen LogP contribution in [0.4, 0.5) is 5.00 Å². The number of thiophene rings is 1. The molecule has 0 radical (unpaired) electrons. The highest BCUT2D eigenvalue weighted by Gasteiger charge is 2.20. The number of H-pyrrole nitrogens is 1. The van der Waals surface area contributed by atoms with E-state index in [1.165, 1.54) is 21.6 Å². The van der Waals surface area contributed by atoms with Crippen LogP contribution in [0, 0.1) is 0 Å². The van der Waals surface area contributed by atoms with Crippen molar-refractivity contribution < 1.29 is 0 Å². The van der Waals surface area contributed by atoms with Gasteiger partial charge in [0.15, 0.2) is 5.96 Å². The van der Waals surface area contributed by atoms with Crippen molar-refractivity contribution in [1.29, 1.82) is 0 Å². The van der Waals surface area contributed by atoms with Crippen molar-refractivity contribution in [2.75, 3.05) is 38.1 Å². The fourth-order valence-electron chi connectivity index (χ4n) is 3.32. The number of nitrogens with zero attached hydrogens (tertiary/aromatic N) is 3. The molecule has 2 N–H and O–H groups in total. The van der Waals surface area contributed by atoms with Crippen LogP contribution in [0.25, 0.3) is 10.9 Å². The van der Waals surface area contributed by atoms with E-state index in [-0.39, 0.29) is 0 Å². The van der Waals surface area contributed by atoms with Crippen molar-refractivity contribution in [3.8, 4) is 0 Å². The summed E-state index contributed by atoms with van der Waals surface area (Å²) >= 11 is 1.81. The molecule has 25 heavy (non-hydrogen) atoms.